The van der Waals surface area contributed by atoms with Gasteiger partial charge in [-0.2, -0.15) is 0 Å². The number of nitrogens with zero attached hydrogens (tertiary/aromatic N) is 1. The van der Waals surface area contributed by atoms with Crippen molar-refractivity contribution >= 4 is 0 Å². The van der Waals surface area contributed by atoms with E-state index < -0.39 is 0 Å². The van der Waals surface area contributed by atoms with E-state index in [1.165, 1.54) is 45.3 Å². The number of rotatable bonds is 2. The molecule has 0 aromatic rings. The van der Waals surface area contributed by atoms with Crippen LogP contribution in [-0.2, 0) is 0 Å². The molecule has 2 heteroatoms. The van der Waals surface area contributed by atoms with Crippen LogP contribution in [0.4, 0.5) is 0 Å². The molecular weight excluding hydrogens is 172 g/mol. The molecule has 3 fully saturated rings. The van der Waals surface area contributed by atoms with Crippen LogP contribution in [0.5, 0.6) is 0 Å². The van der Waals surface area contributed by atoms with E-state index in [-0.39, 0.29) is 0 Å². The van der Waals surface area contributed by atoms with Crippen molar-refractivity contribution in [2.45, 2.75) is 51.1 Å². The highest BCUT2D eigenvalue weighted by atomic mass is 15.3. The third-order valence-corrected chi connectivity index (χ3v) is 4.90. The predicted molar refractivity (Wildman–Crippen MR) is 58.3 cm³/mol. The third kappa shape index (κ3) is 1.10. The lowest BCUT2D eigenvalue weighted by molar-refractivity contribution is 0.0562. The van der Waals surface area contributed by atoms with E-state index in [0.717, 1.165) is 6.04 Å². The molecule has 1 aliphatic heterocycles. The lowest BCUT2D eigenvalue weighted by Gasteiger charge is -2.43. The molecule has 0 radical (unpaired) electrons. The first kappa shape index (κ1) is 9.17. The predicted octanol–water partition coefficient (Wildman–Crippen LogP) is 1.61. The van der Waals surface area contributed by atoms with Crippen LogP contribution in [-0.4, -0.2) is 36.1 Å². The Morgan fingerprint density at radius 2 is 1.93 bits per heavy atom. The molecule has 1 saturated heterocycles. The molecule has 14 heavy (non-hydrogen) atoms. The van der Waals surface area contributed by atoms with Crippen LogP contribution in [0.3, 0.4) is 0 Å². The fourth-order valence-corrected chi connectivity index (χ4v) is 3.49. The molecular formula is C12H22N2. The van der Waals surface area contributed by atoms with Crippen LogP contribution < -0.4 is 5.32 Å². The smallest absolute Gasteiger partial charge is 0.0268 e. The van der Waals surface area contributed by atoms with Crippen molar-refractivity contribution in [1.82, 2.24) is 10.2 Å². The van der Waals surface area contributed by atoms with Gasteiger partial charge in [0.2, 0.25) is 0 Å². The standard InChI is InChI=1S/C12H22N2/c1-10-9-13-7-8-14(10)12(5-6-12)11(2)3-4-11/h10,13H,3-9H2,1-2H3. The minimum absolute atomic E-state index is 0.633. The van der Waals surface area contributed by atoms with Crippen molar-refractivity contribution in [3.8, 4) is 0 Å². The highest BCUT2D eigenvalue weighted by Gasteiger charge is 2.65. The SMILES string of the molecule is CC1CNCCN1C1(C2(C)CC2)CC1. The first-order chi connectivity index (χ1) is 6.68. The summed E-state index contributed by atoms with van der Waals surface area (Å²) >= 11 is 0. The largest absolute Gasteiger partial charge is 0.314 e. The summed E-state index contributed by atoms with van der Waals surface area (Å²) in [6, 6.07) is 0.753. The molecule has 2 saturated carbocycles. The highest BCUT2D eigenvalue weighted by Crippen LogP contribution is 2.66. The molecule has 0 aromatic heterocycles. The molecule has 1 N–H and O–H groups in total. The molecule has 0 bridgehead atoms. The average Bonchev–Trinajstić information content (AvgIpc) is 3.01. The summed E-state index contributed by atoms with van der Waals surface area (Å²) < 4.78 is 0. The van der Waals surface area contributed by atoms with Gasteiger partial charge in [-0.05, 0) is 38.0 Å². The van der Waals surface area contributed by atoms with Crippen molar-refractivity contribution < 1.29 is 0 Å². The Labute approximate surface area is 87.0 Å². The molecule has 1 unspecified atom stereocenters. The second kappa shape index (κ2) is 2.73. The van der Waals surface area contributed by atoms with E-state index in [2.05, 4.69) is 24.1 Å². The van der Waals surface area contributed by atoms with Gasteiger partial charge in [-0.1, -0.05) is 6.92 Å². The van der Waals surface area contributed by atoms with Gasteiger partial charge in [-0.3, -0.25) is 4.90 Å². The summed E-state index contributed by atoms with van der Waals surface area (Å²) in [6.07, 6.45) is 5.88. The lowest BCUT2D eigenvalue weighted by atomic mass is 9.92. The molecule has 1 atom stereocenters. The molecule has 80 valence electrons. The normalized spacial score (nSPS) is 39.4. The Bertz CT molecular complexity index is 241. The van der Waals surface area contributed by atoms with E-state index in [0.29, 0.717) is 11.0 Å². The van der Waals surface area contributed by atoms with Crippen molar-refractivity contribution in [3.63, 3.8) is 0 Å². The van der Waals surface area contributed by atoms with Gasteiger partial charge in [0, 0.05) is 31.2 Å². The Hall–Kier alpha value is -0.0800. The quantitative estimate of drug-likeness (QED) is 0.718. The van der Waals surface area contributed by atoms with Crippen LogP contribution in [0.25, 0.3) is 0 Å². The summed E-state index contributed by atoms with van der Waals surface area (Å²) in [5, 5.41) is 3.49. The van der Waals surface area contributed by atoms with E-state index in [1.54, 1.807) is 0 Å². The first-order valence-electron chi connectivity index (χ1n) is 6.15. The number of hydrogen-bond donors (Lipinski definition) is 1. The molecule has 1 heterocycles. The van der Waals surface area contributed by atoms with Crippen LogP contribution in [0.1, 0.15) is 39.5 Å². The fraction of sp³-hybridized carbons (Fsp3) is 1.00. The topological polar surface area (TPSA) is 15.3 Å². The number of hydrogen-bond acceptors (Lipinski definition) is 2. The maximum atomic E-state index is 3.49. The van der Waals surface area contributed by atoms with Gasteiger partial charge in [0.15, 0.2) is 0 Å². The van der Waals surface area contributed by atoms with Gasteiger partial charge < -0.3 is 5.32 Å². The van der Waals surface area contributed by atoms with Crippen molar-refractivity contribution in [1.29, 1.82) is 0 Å². The zero-order valence-electron chi connectivity index (χ0n) is 9.47. The van der Waals surface area contributed by atoms with Gasteiger partial charge in [-0.25, -0.2) is 0 Å². The minimum Gasteiger partial charge on any atom is -0.314 e. The van der Waals surface area contributed by atoms with E-state index in [9.17, 15) is 0 Å². The van der Waals surface area contributed by atoms with Gasteiger partial charge in [0.05, 0.1) is 0 Å². The maximum Gasteiger partial charge on any atom is 0.0268 e. The summed E-state index contributed by atoms with van der Waals surface area (Å²) in [6.45, 7) is 8.56. The Kier molecular flexibility index (Phi) is 1.79. The Balaban J connectivity index is 1.80. The summed E-state index contributed by atoms with van der Waals surface area (Å²) in [4.78, 5) is 2.82. The van der Waals surface area contributed by atoms with Crippen LogP contribution in [0.2, 0.25) is 0 Å². The number of piperazine rings is 1. The van der Waals surface area contributed by atoms with Crippen molar-refractivity contribution in [3.05, 3.63) is 0 Å². The molecule has 2 aliphatic carbocycles. The first-order valence-corrected chi connectivity index (χ1v) is 6.15. The Morgan fingerprint density at radius 1 is 1.21 bits per heavy atom. The van der Waals surface area contributed by atoms with Crippen LogP contribution in [0, 0.1) is 5.41 Å². The fourth-order valence-electron chi connectivity index (χ4n) is 3.49. The summed E-state index contributed by atoms with van der Waals surface area (Å²) in [7, 11) is 0. The summed E-state index contributed by atoms with van der Waals surface area (Å²) in [5.74, 6) is 0. The second-order valence-corrected chi connectivity index (χ2v) is 5.84. The number of nitrogens with one attached hydrogen (secondary N) is 1. The van der Waals surface area contributed by atoms with Crippen LogP contribution in [0.15, 0.2) is 0 Å². The third-order valence-electron chi connectivity index (χ3n) is 4.90. The van der Waals surface area contributed by atoms with E-state index >= 15 is 0 Å². The van der Waals surface area contributed by atoms with Gasteiger partial charge >= 0.3 is 0 Å². The van der Waals surface area contributed by atoms with Gasteiger partial charge in [0.25, 0.3) is 0 Å². The maximum absolute atomic E-state index is 3.49. The molecule has 0 aromatic carbocycles. The molecule has 3 aliphatic rings. The van der Waals surface area contributed by atoms with E-state index in [4.69, 9.17) is 0 Å². The Morgan fingerprint density at radius 3 is 2.43 bits per heavy atom. The molecule has 0 spiro atoms. The molecule has 0 amide bonds. The zero-order chi connectivity index (χ0) is 9.81. The zero-order valence-corrected chi connectivity index (χ0v) is 9.47. The van der Waals surface area contributed by atoms with Crippen molar-refractivity contribution in [2.75, 3.05) is 19.6 Å². The van der Waals surface area contributed by atoms with Gasteiger partial charge in [-0.15, -0.1) is 0 Å². The van der Waals surface area contributed by atoms with Crippen molar-refractivity contribution in [2.24, 2.45) is 5.41 Å². The molecule has 3 rings (SSSR count). The summed E-state index contributed by atoms with van der Waals surface area (Å²) in [5.41, 5.74) is 1.33. The second-order valence-electron chi connectivity index (χ2n) is 5.84. The van der Waals surface area contributed by atoms with E-state index in [1.807, 2.05) is 0 Å². The lowest BCUT2D eigenvalue weighted by Crippen LogP contribution is -2.57. The highest BCUT2D eigenvalue weighted by molar-refractivity contribution is 5.20. The molecule has 2 nitrogen and oxygen atoms in total. The minimum atomic E-state index is 0.633. The van der Waals surface area contributed by atoms with Crippen LogP contribution >= 0.6 is 0 Å². The monoisotopic (exact) mass is 194 g/mol. The van der Waals surface area contributed by atoms with Gasteiger partial charge in [0.1, 0.15) is 0 Å². The average molecular weight is 194 g/mol.